The standard InChI is InChI=1S/C17H30N2O/c1-4-12-20-17-10-9-15(8-7-11-18)13-16(17)14-19(5-2)6-3/h9-10,13H,4-8,11-12,14,18H2,1-3H3. The van der Waals surface area contributed by atoms with Crippen LogP contribution in [0.3, 0.4) is 0 Å². The van der Waals surface area contributed by atoms with Crippen LogP contribution in [0.15, 0.2) is 18.2 Å². The molecule has 0 bridgehead atoms. The summed E-state index contributed by atoms with van der Waals surface area (Å²) >= 11 is 0. The van der Waals surface area contributed by atoms with Crippen molar-refractivity contribution in [2.75, 3.05) is 26.2 Å². The van der Waals surface area contributed by atoms with Gasteiger partial charge in [-0.2, -0.15) is 0 Å². The molecule has 0 aliphatic rings. The number of nitrogens with zero attached hydrogens (tertiary/aromatic N) is 1. The lowest BCUT2D eigenvalue weighted by molar-refractivity contribution is 0.276. The van der Waals surface area contributed by atoms with E-state index in [1.165, 1.54) is 11.1 Å². The molecule has 0 spiro atoms. The number of ether oxygens (including phenoxy) is 1. The number of hydrogen-bond donors (Lipinski definition) is 1. The van der Waals surface area contributed by atoms with Crippen molar-refractivity contribution in [1.29, 1.82) is 0 Å². The van der Waals surface area contributed by atoms with E-state index in [1.54, 1.807) is 0 Å². The molecule has 1 rings (SSSR count). The second kappa shape index (κ2) is 9.78. The van der Waals surface area contributed by atoms with E-state index in [-0.39, 0.29) is 0 Å². The fourth-order valence-electron chi connectivity index (χ4n) is 2.26. The zero-order valence-electron chi connectivity index (χ0n) is 13.3. The van der Waals surface area contributed by atoms with Gasteiger partial charge in [-0.05, 0) is 50.5 Å². The van der Waals surface area contributed by atoms with Crippen LogP contribution in [-0.2, 0) is 13.0 Å². The number of nitrogens with two attached hydrogens (primary N) is 1. The molecule has 0 unspecified atom stereocenters. The molecule has 0 aliphatic carbocycles. The Kier molecular flexibility index (Phi) is 8.31. The third kappa shape index (κ3) is 5.51. The van der Waals surface area contributed by atoms with Crippen LogP contribution in [0.2, 0.25) is 0 Å². The summed E-state index contributed by atoms with van der Waals surface area (Å²) in [5.41, 5.74) is 8.27. The predicted octanol–water partition coefficient (Wildman–Crippen LogP) is 3.21. The number of hydrogen-bond acceptors (Lipinski definition) is 3. The molecule has 0 fully saturated rings. The summed E-state index contributed by atoms with van der Waals surface area (Å²) in [7, 11) is 0. The maximum absolute atomic E-state index is 5.88. The van der Waals surface area contributed by atoms with Gasteiger partial charge < -0.3 is 10.5 Å². The van der Waals surface area contributed by atoms with Crippen molar-refractivity contribution in [3.63, 3.8) is 0 Å². The molecule has 114 valence electrons. The molecule has 0 aliphatic heterocycles. The smallest absolute Gasteiger partial charge is 0.123 e. The largest absolute Gasteiger partial charge is 0.493 e. The Morgan fingerprint density at radius 1 is 1.15 bits per heavy atom. The second-order valence-electron chi connectivity index (χ2n) is 5.14. The lowest BCUT2D eigenvalue weighted by Gasteiger charge is -2.21. The van der Waals surface area contributed by atoms with Gasteiger partial charge in [-0.25, -0.2) is 0 Å². The highest BCUT2D eigenvalue weighted by Gasteiger charge is 2.09. The number of benzene rings is 1. The van der Waals surface area contributed by atoms with E-state index in [0.717, 1.165) is 57.8 Å². The van der Waals surface area contributed by atoms with Crippen LogP contribution >= 0.6 is 0 Å². The van der Waals surface area contributed by atoms with Gasteiger partial charge >= 0.3 is 0 Å². The van der Waals surface area contributed by atoms with Gasteiger partial charge in [0.2, 0.25) is 0 Å². The van der Waals surface area contributed by atoms with E-state index in [0.29, 0.717) is 0 Å². The molecule has 0 saturated heterocycles. The van der Waals surface area contributed by atoms with Gasteiger partial charge in [0.25, 0.3) is 0 Å². The van der Waals surface area contributed by atoms with E-state index >= 15 is 0 Å². The Morgan fingerprint density at radius 2 is 1.90 bits per heavy atom. The third-order valence-corrected chi connectivity index (χ3v) is 3.54. The zero-order valence-corrected chi connectivity index (χ0v) is 13.3. The van der Waals surface area contributed by atoms with Crippen molar-refractivity contribution in [3.8, 4) is 5.75 Å². The normalized spacial score (nSPS) is 11.1. The molecule has 0 amide bonds. The van der Waals surface area contributed by atoms with Gasteiger partial charge in [0.1, 0.15) is 5.75 Å². The van der Waals surface area contributed by atoms with Gasteiger partial charge in [0, 0.05) is 12.1 Å². The van der Waals surface area contributed by atoms with Crippen molar-refractivity contribution in [3.05, 3.63) is 29.3 Å². The Balaban J connectivity index is 2.86. The minimum Gasteiger partial charge on any atom is -0.493 e. The Labute approximate surface area is 124 Å². The fourth-order valence-corrected chi connectivity index (χ4v) is 2.26. The van der Waals surface area contributed by atoms with Crippen LogP contribution in [0, 0.1) is 0 Å². The van der Waals surface area contributed by atoms with Gasteiger partial charge in [0.15, 0.2) is 0 Å². The fraction of sp³-hybridized carbons (Fsp3) is 0.647. The van der Waals surface area contributed by atoms with Crippen molar-refractivity contribution in [1.82, 2.24) is 4.90 Å². The lowest BCUT2D eigenvalue weighted by atomic mass is 10.0. The Bertz CT molecular complexity index is 375. The van der Waals surface area contributed by atoms with E-state index < -0.39 is 0 Å². The molecule has 1 aromatic rings. The van der Waals surface area contributed by atoms with Crippen molar-refractivity contribution in [2.45, 2.75) is 46.6 Å². The summed E-state index contributed by atoms with van der Waals surface area (Å²) in [6, 6.07) is 6.59. The maximum Gasteiger partial charge on any atom is 0.123 e. The monoisotopic (exact) mass is 278 g/mol. The van der Waals surface area contributed by atoms with Gasteiger partial charge in [0.05, 0.1) is 6.61 Å². The second-order valence-corrected chi connectivity index (χ2v) is 5.14. The molecule has 2 N–H and O–H groups in total. The van der Waals surface area contributed by atoms with Crippen molar-refractivity contribution in [2.24, 2.45) is 5.73 Å². The van der Waals surface area contributed by atoms with E-state index in [2.05, 4.69) is 43.9 Å². The first-order valence-electron chi connectivity index (χ1n) is 7.92. The van der Waals surface area contributed by atoms with Gasteiger partial charge in [-0.3, -0.25) is 4.90 Å². The summed E-state index contributed by atoms with van der Waals surface area (Å²) in [5.74, 6) is 1.04. The average Bonchev–Trinajstić information content (AvgIpc) is 2.49. The first-order chi connectivity index (χ1) is 9.74. The van der Waals surface area contributed by atoms with Crippen molar-refractivity contribution >= 4 is 0 Å². The molecular formula is C17H30N2O. The van der Waals surface area contributed by atoms with E-state index in [9.17, 15) is 0 Å². The Hall–Kier alpha value is -1.06. The van der Waals surface area contributed by atoms with Gasteiger partial charge in [-0.1, -0.05) is 32.9 Å². The molecule has 20 heavy (non-hydrogen) atoms. The molecule has 1 aromatic carbocycles. The summed E-state index contributed by atoms with van der Waals surface area (Å²) in [5, 5.41) is 0. The first kappa shape index (κ1) is 17.0. The molecule has 3 nitrogen and oxygen atoms in total. The maximum atomic E-state index is 5.88. The highest BCUT2D eigenvalue weighted by Crippen LogP contribution is 2.23. The minimum atomic E-state index is 0.749. The summed E-state index contributed by atoms with van der Waals surface area (Å²) in [6.07, 6.45) is 3.13. The summed E-state index contributed by atoms with van der Waals surface area (Å²) < 4.78 is 5.88. The molecular weight excluding hydrogens is 248 g/mol. The molecule has 0 radical (unpaired) electrons. The van der Waals surface area contributed by atoms with Crippen LogP contribution in [0.5, 0.6) is 5.75 Å². The van der Waals surface area contributed by atoms with Crippen LogP contribution in [-0.4, -0.2) is 31.1 Å². The highest BCUT2D eigenvalue weighted by molar-refractivity contribution is 5.37. The molecule has 0 aromatic heterocycles. The van der Waals surface area contributed by atoms with Crippen LogP contribution < -0.4 is 10.5 Å². The number of aryl methyl sites for hydroxylation is 1. The number of rotatable bonds is 10. The van der Waals surface area contributed by atoms with Crippen LogP contribution in [0.1, 0.15) is 44.7 Å². The molecule has 0 saturated carbocycles. The van der Waals surface area contributed by atoms with Crippen molar-refractivity contribution < 1.29 is 4.74 Å². The molecule has 3 heteroatoms. The Morgan fingerprint density at radius 3 is 2.50 bits per heavy atom. The zero-order chi connectivity index (χ0) is 14.8. The molecule has 0 heterocycles. The quantitative estimate of drug-likeness (QED) is 0.714. The lowest BCUT2D eigenvalue weighted by Crippen LogP contribution is -2.22. The van der Waals surface area contributed by atoms with Gasteiger partial charge in [-0.15, -0.1) is 0 Å². The summed E-state index contributed by atoms with van der Waals surface area (Å²) in [4.78, 5) is 2.42. The molecule has 0 atom stereocenters. The minimum absolute atomic E-state index is 0.749. The van der Waals surface area contributed by atoms with E-state index in [4.69, 9.17) is 10.5 Å². The first-order valence-corrected chi connectivity index (χ1v) is 7.92. The van der Waals surface area contributed by atoms with E-state index in [1.807, 2.05) is 0 Å². The summed E-state index contributed by atoms with van der Waals surface area (Å²) in [6.45, 7) is 11.2. The predicted molar refractivity (Wildman–Crippen MR) is 86.2 cm³/mol. The topological polar surface area (TPSA) is 38.5 Å². The van der Waals surface area contributed by atoms with Crippen LogP contribution in [0.25, 0.3) is 0 Å². The highest BCUT2D eigenvalue weighted by atomic mass is 16.5. The SMILES string of the molecule is CCCOc1ccc(CCCN)cc1CN(CC)CC. The van der Waals surface area contributed by atoms with Crippen LogP contribution in [0.4, 0.5) is 0 Å². The average molecular weight is 278 g/mol. The third-order valence-electron chi connectivity index (χ3n) is 3.54.